The van der Waals surface area contributed by atoms with Crippen LogP contribution in [-0.4, -0.2) is 25.3 Å². The first-order valence-electron chi connectivity index (χ1n) is 6.94. The summed E-state index contributed by atoms with van der Waals surface area (Å²) in [7, 11) is 1.68. The Morgan fingerprint density at radius 3 is 2.26 bits per heavy atom. The van der Waals surface area contributed by atoms with Gasteiger partial charge in [0.25, 0.3) is 0 Å². The summed E-state index contributed by atoms with van der Waals surface area (Å²) in [4.78, 5) is 0. The van der Waals surface area contributed by atoms with E-state index in [0.29, 0.717) is 6.61 Å². The molecule has 0 heterocycles. The van der Waals surface area contributed by atoms with Crippen LogP contribution in [0.2, 0.25) is 0 Å². The van der Waals surface area contributed by atoms with Gasteiger partial charge in [0.05, 0.1) is 19.8 Å². The predicted octanol–water partition coefficient (Wildman–Crippen LogP) is 3.38. The molecular formula is C16H27NO2. The van der Waals surface area contributed by atoms with Gasteiger partial charge in [0.2, 0.25) is 0 Å². The Kier molecular flexibility index (Phi) is 6.32. The Balaban J connectivity index is 2.39. The standard InChI is InChI=1S/C16H27NO2/c1-6-14(11-17-16(2,3)4)19-12-13-7-9-15(18-5)10-8-13/h7-10,14,17H,6,11-12H2,1-5H3. The number of benzene rings is 1. The second-order valence-corrected chi connectivity index (χ2v) is 5.82. The summed E-state index contributed by atoms with van der Waals surface area (Å²) in [6.07, 6.45) is 1.26. The van der Waals surface area contributed by atoms with Gasteiger partial charge in [0, 0.05) is 12.1 Å². The Morgan fingerprint density at radius 1 is 1.16 bits per heavy atom. The van der Waals surface area contributed by atoms with E-state index in [1.54, 1.807) is 7.11 Å². The van der Waals surface area contributed by atoms with Crippen molar-refractivity contribution in [1.82, 2.24) is 5.32 Å². The number of hydrogen-bond acceptors (Lipinski definition) is 3. The smallest absolute Gasteiger partial charge is 0.118 e. The fraction of sp³-hybridized carbons (Fsp3) is 0.625. The van der Waals surface area contributed by atoms with E-state index in [1.807, 2.05) is 24.3 Å². The van der Waals surface area contributed by atoms with Crippen LogP contribution < -0.4 is 10.1 Å². The Labute approximate surface area is 117 Å². The Morgan fingerprint density at radius 2 is 1.79 bits per heavy atom. The van der Waals surface area contributed by atoms with Crippen LogP contribution in [0.5, 0.6) is 5.75 Å². The first-order valence-corrected chi connectivity index (χ1v) is 6.94. The molecule has 0 amide bonds. The van der Waals surface area contributed by atoms with Crippen molar-refractivity contribution in [2.45, 2.75) is 52.4 Å². The molecule has 0 aromatic heterocycles. The van der Waals surface area contributed by atoms with Gasteiger partial charge in [-0.15, -0.1) is 0 Å². The van der Waals surface area contributed by atoms with Gasteiger partial charge < -0.3 is 14.8 Å². The molecule has 1 aromatic rings. The SMILES string of the molecule is CCC(CNC(C)(C)C)OCc1ccc(OC)cc1. The predicted molar refractivity (Wildman–Crippen MR) is 79.6 cm³/mol. The average Bonchev–Trinajstić information content (AvgIpc) is 2.38. The first-order chi connectivity index (χ1) is 8.94. The van der Waals surface area contributed by atoms with E-state index < -0.39 is 0 Å². The normalized spacial score (nSPS) is 13.3. The maximum absolute atomic E-state index is 5.94. The zero-order valence-corrected chi connectivity index (χ0v) is 12.8. The minimum Gasteiger partial charge on any atom is -0.497 e. The summed E-state index contributed by atoms with van der Waals surface area (Å²) < 4.78 is 11.1. The molecule has 1 rings (SSSR count). The fourth-order valence-electron chi connectivity index (χ4n) is 1.68. The quantitative estimate of drug-likeness (QED) is 0.820. The third kappa shape index (κ3) is 6.60. The molecule has 19 heavy (non-hydrogen) atoms. The fourth-order valence-corrected chi connectivity index (χ4v) is 1.68. The minimum absolute atomic E-state index is 0.136. The van der Waals surface area contributed by atoms with Gasteiger partial charge in [-0.3, -0.25) is 0 Å². The van der Waals surface area contributed by atoms with Crippen LogP contribution in [0.15, 0.2) is 24.3 Å². The molecule has 0 fully saturated rings. The second kappa shape index (κ2) is 7.51. The lowest BCUT2D eigenvalue weighted by Gasteiger charge is -2.25. The number of methoxy groups -OCH3 is 1. The summed E-state index contributed by atoms with van der Waals surface area (Å²) in [6.45, 7) is 10.2. The lowest BCUT2D eigenvalue weighted by molar-refractivity contribution is 0.0345. The Bertz CT molecular complexity index is 354. The summed E-state index contributed by atoms with van der Waals surface area (Å²) in [6, 6.07) is 8.02. The molecule has 1 aromatic carbocycles. The van der Waals surface area contributed by atoms with Crippen LogP contribution >= 0.6 is 0 Å². The van der Waals surface area contributed by atoms with Crippen molar-refractivity contribution >= 4 is 0 Å². The topological polar surface area (TPSA) is 30.5 Å². The first kappa shape index (κ1) is 16.0. The van der Waals surface area contributed by atoms with Gasteiger partial charge in [-0.2, -0.15) is 0 Å². The summed E-state index contributed by atoms with van der Waals surface area (Å²) in [5.41, 5.74) is 1.31. The van der Waals surface area contributed by atoms with E-state index in [0.717, 1.165) is 18.7 Å². The van der Waals surface area contributed by atoms with E-state index in [4.69, 9.17) is 9.47 Å². The lowest BCUT2D eigenvalue weighted by atomic mass is 10.1. The Hall–Kier alpha value is -1.06. The van der Waals surface area contributed by atoms with Crippen molar-refractivity contribution < 1.29 is 9.47 Å². The summed E-state index contributed by atoms with van der Waals surface area (Å²) in [5, 5.41) is 3.48. The molecule has 1 N–H and O–H groups in total. The molecule has 1 unspecified atom stereocenters. The molecule has 108 valence electrons. The number of hydrogen-bond donors (Lipinski definition) is 1. The van der Waals surface area contributed by atoms with Crippen LogP contribution in [0.25, 0.3) is 0 Å². The van der Waals surface area contributed by atoms with Gasteiger partial charge in [-0.25, -0.2) is 0 Å². The van der Waals surface area contributed by atoms with E-state index in [2.05, 4.69) is 33.0 Å². The highest BCUT2D eigenvalue weighted by Crippen LogP contribution is 2.13. The van der Waals surface area contributed by atoms with Gasteiger partial charge in [-0.05, 0) is 44.9 Å². The minimum atomic E-state index is 0.136. The van der Waals surface area contributed by atoms with Crippen LogP contribution in [0, 0.1) is 0 Å². The number of nitrogens with one attached hydrogen (secondary N) is 1. The molecular weight excluding hydrogens is 238 g/mol. The zero-order valence-electron chi connectivity index (χ0n) is 12.8. The van der Waals surface area contributed by atoms with E-state index in [9.17, 15) is 0 Å². The van der Waals surface area contributed by atoms with Gasteiger partial charge in [0.1, 0.15) is 5.75 Å². The largest absolute Gasteiger partial charge is 0.497 e. The van der Waals surface area contributed by atoms with Gasteiger partial charge >= 0.3 is 0 Å². The lowest BCUT2D eigenvalue weighted by Crippen LogP contribution is -2.41. The molecule has 0 spiro atoms. The highest BCUT2D eigenvalue weighted by atomic mass is 16.5. The molecule has 3 heteroatoms. The molecule has 0 saturated heterocycles. The van der Waals surface area contributed by atoms with E-state index in [-0.39, 0.29) is 11.6 Å². The zero-order chi connectivity index (χ0) is 14.3. The van der Waals surface area contributed by atoms with Crippen molar-refractivity contribution in [1.29, 1.82) is 0 Å². The van der Waals surface area contributed by atoms with Crippen molar-refractivity contribution in [2.75, 3.05) is 13.7 Å². The van der Waals surface area contributed by atoms with Crippen LogP contribution in [0.1, 0.15) is 39.7 Å². The molecule has 0 saturated carbocycles. The molecule has 1 atom stereocenters. The number of ether oxygens (including phenoxy) is 2. The maximum Gasteiger partial charge on any atom is 0.118 e. The van der Waals surface area contributed by atoms with Gasteiger partial charge in [-0.1, -0.05) is 19.1 Å². The molecule has 0 bridgehead atoms. The van der Waals surface area contributed by atoms with Crippen LogP contribution in [0.4, 0.5) is 0 Å². The third-order valence-corrected chi connectivity index (χ3v) is 2.96. The molecule has 0 aliphatic heterocycles. The number of rotatable bonds is 7. The third-order valence-electron chi connectivity index (χ3n) is 2.96. The van der Waals surface area contributed by atoms with Crippen molar-refractivity contribution in [3.8, 4) is 5.75 Å². The van der Waals surface area contributed by atoms with Crippen molar-refractivity contribution in [3.63, 3.8) is 0 Å². The van der Waals surface area contributed by atoms with Crippen LogP contribution in [0.3, 0.4) is 0 Å². The van der Waals surface area contributed by atoms with E-state index >= 15 is 0 Å². The molecule has 0 aliphatic carbocycles. The van der Waals surface area contributed by atoms with Crippen molar-refractivity contribution in [2.24, 2.45) is 0 Å². The monoisotopic (exact) mass is 265 g/mol. The molecule has 0 aliphatic rings. The highest BCUT2D eigenvalue weighted by Gasteiger charge is 2.13. The van der Waals surface area contributed by atoms with Crippen LogP contribution in [-0.2, 0) is 11.3 Å². The molecule has 3 nitrogen and oxygen atoms in total. The second-order valence-electron chi connectivity index (χ2n) is 5.82. The average molecular weight is 265 g/mol. The van der Waals surface area contributed by atoms with Gasteiger partial charge in [0.15, 0.2) is 0 Å². The summed E-state index contributed by atoms with van der Waals surface area (Å²) >= 11 is 0. The van der Waals surface area contributed by atoms with Crippen molar-refractivity contribution in [3.05, 3.63) is 29.8 Å². The van der Waals surface area contributed by atoms with E-state index in [1.165, 1.54) is 5.56 Å². The maximum atomic E-state index is 5.94. The summed E-state index contributed by atoms with van der Waals surface area (Å²) in [5.74, 6) is 0.880. The molecule has 0 radical (unpaired) electrons. The highest BCUT2D eigenvalue weighted by molar-refractivity contribution is 5.26.